The van der Waals surface area contributed by atoms with Gasteiger partial charge in [-0.15, -0.1) is 0 Å². The highest BCUT2D eigenvalue weighted by molar-refractivity contribution is 5.18. The van der Waals surface area contributed by atoms with Crippen LogP contribution in [0.3, 0.4) is 0 Å². The minimum atomic E-state index is 0.792. The first kappa shape index (κ1) is 31.4. The van der Waals surface area contributed by atoms with E-state index in [1.807, 2.05) is 89.2 Å². The standard InChI is InChI=1S/C8H12N2.C8H11N.C7H10N2.C6H9N3/c1-5-6(2)10-8(4)7(3)9-5;1-6-4-7(2)9-8(3)5-6;1-5-4-6(2)9-7(3)8-5;1-4-7-5(2)9-6(3)8-4/h1-4H3;4-5H,1-3H3;4H,1-3H3;1-3H3. The summed E-state index contributed by atoms with van der Waals surface area (Å²) in [5.41, 5.74) is 9.71. The van der Waals surface area contributed by atoms with E-state index in [9.17, 15) is 0 Å². The van der Waals surface area contributed by atoms with Crippen molar-refractivity contribution in [2.24, 2.45) is 0 Å². The second kappa shape index (κ2) is 14.8. The van der Waals surface area contributed by atoms with Gasteiger partial charge in [-0.3, -0.25) is 15.0 Å². The van der Waals surface area contributed by atoms with E-state index in [1.54, 1.807) is 0 Å². The third kappa shape index (κ3) is 12.7. The molecule has 4 aromatic heterocycles. The summed E-state index contributed by atoms with van der Waals surface area (Å²) in [4.78, 5) is 33.1. The SMILES string of the molecule is Cc1cc(C)nc(C)c1.Cc1cc(C)nc(C)n1.Cc1nc(C)c(C)nc1C.Cc1nc(C)nc(C)n1. The minimum absolute atomic E-state index is 0.792. The van der Waals surface area contributed by atoms with Gasteiger partial charge in [0.2, 0.25) is 0 Å². The van der Waals surface area contributed by atoms with Gasteiger partial charge in [0.05, 0.1) is 22.8 Å². The molecule has 8 nitrogen and oxygen atoms in total. The summed E-state index contributed by atoms with van der Waals surface area (Å²) in [5.74, 6) is 3.23. The average Bonchev–Trinajstić information content (AvgIpc) is 2.71. The maximum Gasteiger partial charge on any atom is 0.129 e. The second-order valence-electron chi connectivity index (χ2n) is 9.17. The molecule has 0 bridgehead atoms. The summed E-state index contributed by atoms with van der Waals surface area (Å²) in [7, 11) is 0. The van der Waals surface area contributed by atoms with E-state index in [1.165, 1.54) is 5.56 Å². The molecule has 4 rings (SSSR count). The summed E-state index contributed by atoms with van der Waals surface area (Å²) in [5, 5.41) is 0. The van der Waals surface area contributed by atoms with Crippen molar-refractivity contribution < 1.29 is 0 Å². The highest BCUT2D eigenvalue weighted by Gasteiger charge is 1.98. The van der Waals surface area contributed by atoms with Gasteiger partial charge in [0.15, 0.2) is 0 Å². The predicted molar refractivity (Wildman–Crippen MR) is 150 cm³/mol. The van der Waals surface area contributed by atoms with E-state index in [4.69, 9.17) is 0 Å². The Morgan fingerprint density at radius 2 is 0.568 bits per heavy atom. The largest absolute Gasteiger partial charge is 0.258 e. The number of hydrogen-bond acceptors (Lipinski definition) is 8. The second-order valence-corrected chi connectivity index (χ2v) is 9.17. The van der Waals surface area contributed by atoms with Crippen LogP contribution in [0.2, 0.25) is 0 Å². The summed E-state index contributed by atoms with van der Waals surface area (Å²) in [6.07, 6.45) is 0. The zero-order valence-electron chi connectivity index (χ0n) is 24.8. The smallest absolute Gasteiger partial charge is 0.129 e. The number of pyridine rings is 1. The molecular weight excluding hydrogens is 460 g/mol. The monoisotopic (exact) mass is 502 g/mol. The van der Waals surface area contributed by atoms with E-state index < -0.39 is 0 Å². The molecule has 4 aromatic rings. The van der Waals surface area contributed by atoms with Gasteiger partial charge in [0, 0.05) is 22.8 Å². The van der Waals surface area contributed by atoms with Crippen molar-refractivity contribution >= 4 is 0 Å². The Balaban J connectivity index is 0.000000247. The molecule has 0 aliphatic heterocycles. The fourth-order valence-electron chi connectivity index (χ4n) is 3.55. The van der Waals surface area contributed by atoms with Gasteiger partial charge < -0.3 is 0 Å². The summed E-state index contributed by atoms with van der Waals surface area (Å²) in [6, 6.07) is 6.12. The Morgan fingerprint density at radius 3 is 0.838 bits per heavy atom. The molecule has 0 saturated carbocycles. The first-order valence-electron chi connectivity index (χ1n) is 12.3. The van der Waals surface area contributed by atoms with Crippen molar-refractivity contribution in [1.82, 2.24) is 39.9 Å². The lowest BCUT2D eigenvalue weighted by Crippen LogP contribution is -1.97. The molecular formula is C29H42N8. The molecule has 0 spiro atoms. The van der Waals surface area contributed by atoms with Crippen LogP contribution in [0, 0.1) is 90.0 Å². The van der Waals surface area contributed by atoms with Gasteiger partial charge in [-0.25, -0.2) is 24.9 Å². The third-order valence-electron chi connectivity index (χ3n) is 5.01. The van der Waals surface area contributed by atoms with Crippen LogP contribution < -0.4 is 0 Å². The van der Waals surface area contributed by atoms with Crippen molar-refractivity contribution in [2.45, 2.75) is 90.0 Å². The van der Waals surface area contributed by atoms with Gasteiger partial charge in [-0.2, -0.15) is 0 Å². The topological polar surface area (TPSA) is 103 Å². The van der Waals surface area contributed by atoms with Crippen LogP contribution in [-0.2, 0) is 0 Å². The summed E-state index contributed by atoms with van der Waals surface area (Å²) in [6.45, 7) is 25.5. The lowest BCUT2D eigenvalue weighted by Gasteiger charge is -2.01. The molecule has 198 valence electrons. The molecule has 0 atom stereocenters. The van der Waals surface area contributed by atoms with Gasteiger partial charge >= 0.3 is 0 Å². The molecule has 0 amide bonds. The molecule has 0 N–H and O–H groups in total. The van der Waals surface area contributed by atoms with Gasteiger partial charge in [-0.05, 0) is 114 Å². The molecule has 8 heteroatoms. The fourth-order valence-corrected chi connectivity index (χ4v) is 3.55. The quantitative estimate of drug-likeness (QED) is 0.292. The predicted octanol–water partition coefficient (Wildman–Crippen LogP) is 5.92. The van der Waals surface area contributed by atoms with Crippen LogP contribution in [-0.4, -0.2) is 39.9 Å². The van der Waals surface area contributed by atoms with Gasteiger partial charge in [-0.1, -0.05) is 0 Å². The lowest BCUT2D eigenvalue weighted by molar-refractivity contribution is 0.875. The molecule has 0 fully saturated rings. The summed E-state index contributed by atoms with van der Waals surface area (Å²) < 4.78 is 0. The molecule has 0 radical (unpaired) electrons. The van der Waals surface area contributed by atoms with Gasteiger partial charge in [0.25, 0.3) is 0 Å². The Bertz CT molecular complexity index is 996. The fraction of sp³-hybridized carbons (Fsp3) is 0.448. The van der Waals surface area contributed by atoms with Crippen molar-refractivity contribution in [2.75, 3.05) is 0 Å². The molecule has 0 aliphatic carbocycles. The van der Waals surface area contributed by atoms with Crippen LogP contribution in [0.15, 0.2) is 18.2 Å². The molecule has 4 heterocycles. The van der Waals surface area contributed by atoms with Crippen molar-refractivity contribution in [3.8, 4) is 0 Å². The lowest BCUT2D eigenvalue weighted by atomic mass is 10.2. The summed E-state index contributed by atoms with van der Waals surface area (Å²) >= 11 is 0. The van der Waals surface area contributed by atoms with Crippen LogP contribution in [0.5, 0.6) is 0 Å². The van der Waals surface area contributed by atoms with E-state index >= 15 is 0 Å². The Kier molecular flexibility index (Phi) is 12.5. The van der Waals surface area contributed by atoms with Crippen LogP contribution in [0.1, 0.15) is 74.4 Å². The van der Waals surface area contributed by atoms with Crippen LogP contribution in [0.4, 0.5) is 0 Å². The number of aromatic nitrogens is 8. The van der Waals surface area contributed by atoms with E-state index in [0.717, 1.165) is 68.8 Å². The normalized spacial score (nSPS) is 9.76. The van der Waals surface area contributed by atoms with E-state index in [0.29, 0.717) is 0 Å². The Labute approximate surface area is 222 Å². The third-order valence-corrected chi connectivity index (χ3v) is 5.01. The molecule has 0 aliphatic rings. The zero-order valence-corrected chi connectivity index (χ0v) is 24.8. The average molecular weight is 503 g/mol. The Hall–Kier alpha value is -3.68. The maximum atomic E-state index is 4.31. The Morgan fingerprint density at radius 1 is 0.297 bits per heavy atom. The number of aryl methyl sites for hydroxylation is 13. The highest BCUT2D eigenvalue weighted by Crippen LogP contribution is 2.04. The number of hydrogen-bond donors (Lipinski definition) is 0. The molecule has 0 unspecified atom stereocenters. The molecule has 0 aromatic carbocycles. The van der Waals surface area contributed by atoms with Crippen LogP contribution in [0.25, 0.3) is 0 Å². The molecule has 37 heavy (non-hydrogen) atoms. The van der Waals surface area contributed by atoms with Gasteiger partial charge in [0.1, 0.15) is 23.3 Å². The van der Waals surface area contributed by atoms with Crippen molar-refractivity contribution in [3.05, 3.63) is 92.6 Å². The zero-order chi connectivity index (χ0) is 28.3. The van der Waals surface area contributed by atoms with E-state index in [2.05, 4.69) is 58.9 Å². The number of nitrogens with zero attached hydrogens (tertiary/aromatic N) is 8. The highest BCUT2D eigenvalue weighted by atomic mass is 15.0. The number of rotatable bonds is 0. The van der Waals surface area contributed by atoms with E-state index in [-0.39, 0.29) is 0 Å². The van der Waals surface area contributed by atoms with Crippen molar-refractivity contribution in [1.29, 1.82) is 0 Å². The van der Waals surface area contributed by atoms with Crippen molar-refractivity contribution in [3.63, 3.8) is 0 Å². The minimum Gasteiger partial charge on any atom is -0.258 e. The maximum absolute atomic E-state index is 4.31. The first-order valence-corrected chi connectivity index (χ1v) is 12.3. The van der Waals surface area contributed by atoms with Crippen LogP contribution >= 0.6 is 0 Å². The molecule has 0 saturated heterocycles. The first-order chi connectivity index (χ1) is 17.2.